The topological polar surface area (TPSA) is 107 Å². The molecule has 2 fully saturated rings. The van der Waals surface area contributed by atoms with Gasteiger partial charge in [0.1, 0.15) is 11.8 Å². The van der Waals surface area contributed by atoms with Gasteiger partial charge in [0.2, 0.25) is 11.8 Å². The van der Waals surface area contributed by atoms with Crippen molar-refractivity contribution in [1.82, 2.24) is 5.32 Å². The Kier molecular flexibility index (Phi) is 4.13. The van der Waals surface area contributed by atoms with Crippen molar-refractivity contribution in [3.8, 4) is 5.75 Å². The van der Waals surface area contributed by atoms with E-state index in [0.29, 0.717) is 16.3 Å². The first kappa shape index (κ1) is 17.5. The SMILES string of the molecule is O=C(O)[C@@H]1N[C@H](c2ccccc2O)[C@H]2C(=O)N(c3ccc(Cl)cc3)C(=O)[C@H]21. The van der Waals surface area contributed by atoms with Crippen molar-refractivity contribution < 1.29 is 24.6 Å². The lowest BCUT2D eigenvalue weighted by atomic mass is 9.86. The number of fused-ring (bicyclic) bond motifs is 1. The molecule has 0 saturated carbocycles. The van der Waals surface area contributed by atoms with Crippen LogP contribution in [0.2, 0.25) is 5.02 Å². The Bertz CT molecular complexity index is 945. The Morgan fingerprint density at radius 3 is 2.26 bits per heavy atom. The Balaban J connectivity index is 1.79. The van der Waals surface area contributed by atoms with E-state index in [2.05, 4.69) is 5.32 Å². The number of para-hydroxylation sites is 1. The van der Waals surface area contributed by atoms with E-state index >= 15 is 0 Å². The van der Waals surface area contributed by atoms with Crippen LogP contribution in [0.25, 0.3) is 0 Å². The number of carbonyl (C=O) groups excluding carboxylic acids is 2. The maximum absolute atomic E-state index is 13.1. The number of carbonyl (C=O) groups is 3. The molecule has 2 aromatic carbocycles. The van der Waals surface area contributed by atoms with Gasteiger partial charge >= 0.3 is 5.97 Å². The van der Waals surface area contributed by atoms with Crippen molar-refractivity contribution in [2.45, 2.75) is 12.1 Å². The molecule has 2 aromatic rings. The molecule has 2 heterocycles. The summed E-state index contributed by atoms with van der Waals surface area (Å²) in [6, 6.07) is 10.5. The number of aliphatic carboxylic acids is 1. The van der Waals surface area contributed by atoms with Gasteiger partial charge in [-0.1, -0.05) is 29.8 Å². The van der Waals surface area contributed by atoms with E-state index in [4.69, 9.17) is 11.6 Å². The van der Waals surface area contributed by atoms with Crippen molar-refractivity contribution in [3.05, 3.63) is 59.1 Å². The van der Waals surface area contributed by atoms with Gasteiger partial charge in [-0.25, -0.2) is 4.90 Å². The maximum atomic E-state index is 13.1. The summed E-state index contributed by atoms with van der Waals surface area (Å²) in [7, 11) is 0. The minimum atomic E-state index is -1.23. The number of imide groups is 1. The third-order valence-electron chi connectivity index (χ3n) is 5.10. The third-order valence-corrected chi connectivity index (χ3v) is 5.35. The third kappa shape index (κ3) is 2.67. The normalized spacial score (nSPS) is 27.1. The van der Waals surface area contributed by atoms with Crippen molar-refractivity contribution in [3.63, 3.8) is 0 Å². The standard InChI is InChI=1S/C19H15ClN2O5/c20-9-5-7-10(8-6-9)22-17(24)13-14(18(22)25)16(19(26)27)21-15(13)11-3-1-2-4-12(11)23/h1-8,13-16,21,23H,(H,26,27)/t13-,14+,15+,16+/m0/s1. The van der Waals surface area contributed by atoms with Crippen LogP contribution in [0.4, 0.5) is 5.69 Å². The fraction of sp³-hybridized carbons (Fsp3) is 0.211. The molecule has 27 heavy (non-hydrogen) atoms. The van der Waals surface area contributed by atoms with E-state index in [-0.39, 0.29) is 5.75 Å². The number of phenols is 1. The number of halogens is 1. The predicted molar refractivity (Wildman–Crippen MR) is 96.3 cm³/mol. The van der Waals surface area contributed by atoms with Crippen LogP contribution in [0, 0.1) is 11.8 Å². The van der Waals surface area contributed by atoms with Crippen LogP contribution in [0.3, 0.4) is 0 Å². The lowest BCUT2D eigenvalue weighted by Gasteiger charge is -2.22. The number of anilines is 1. The molecule has 138 valence electrons. The van der Waals surface area contributed by atoms with E-state index < -0.39 is 41.7 Å². The summed E-state index contributed by atoms with van der Waals surface area (Å²) in [5, 5.41) is 23.0. The molecule has 0 radical (unpaired) electrons. The molecule has 7 nitrogen and oxygen atoms in total. The summed E-state index contributed by atoms with van der Waals surface area (Å²) < 4.78 is 0. The van der Waals surface area contributed by atoms with Crippen LogP contribution in [-0.2, 0) is 14.4 Å². The van der Waals surface area contributed by atoms with Gasteiger partial charge in [-0.3, -0.25) is 19.7 Å². The second-order valence-electron chi connectivity index (χ2n) is 6.56. The van der Waals surface area contributed by atoms with Gasteiger partial charge < -0.3 is 10.2 Å². The van der Waals surface area contributed by atoms with Crippen LogP contribution in [0.1, 0.15) is 11.6 Å². The van der Waals surface area contributed by atoms with Gasteiger partial charge in [-0.05, 0) is 30.3 Å². The second kappa shape index (κ2) is 6.37. The molecule has 3 N–H and O–H groups in total. The fourth-order valence-corrected chi connectivity index (χ4v) is 4.04. The number of nitrogens with zero attached hydrogens (tertiary/aromatic N) is 1. The number of hydrogen-bond acceptors (Lipinski definition) is 5. The molecule has 0 aromatic heterocycles. The zero-order chi connectivity index (χ0) is 19.3. The Hall–Kier alpha value is -2.90. The first-order chi connectivity index (χ1) is 12.9. The minimum Gasteiger partial charge on any atom is -0.508 e. The molecule has 8 heteroatoms. The van der Waals surface area contributed by atoms with E-state index in [1.807, 2.05) is 0 Å². The molecule has 0 unspecified atom stereocenters. The number of hydrogen-bond donors (Lipinski definition) is 3. The maximum Gasteiger partial charge on any atom is 0.321 e. The number of aromatic hydroxyl groups is 1. The lowest BCUT2D eigenvalue weighted by Crippen LogP contribution is -2.43. The average Bonchev–Trinajstić information content (AvgIpc) is 3.14. The smallest absolute Gasteiger partial charge is 0.321 e. The van der Waals surface area contributed by atoms with Crippen LogP contribution < -0.4 is 10.2 Å². The van der Waals surface area contributed by atoms with Gasteiger partial charge in [0, 0.05) is 16.6 Å². The van der Waals surface area contributed by atoms with Crippen molar-refractivity contribution in [1.29, 1.82) is 0 Å². The molecule has 0 bridgehead atoms. The van der Waals surface area contributed by atoms with Gasteiger partial charge in [-0.15, -0.1) is 0 Å². The summed E-state index contributed by atoms with van der Waals surface area (Å²) in [4.78, 5) is 38.8. The zero-order valence-corrected chi connectivity index (χ0v) is 14.6. The Morgan fingerprint density at radius 1 is 1.00 bits per heavy atom. The molecule has 2 aliphatic heterocycles. The lowest BCUT2D eigenvalue weighted by molar-refractivity contribution is -0.142. The van der Waals surface area contributed by atoms with E-state index in [9.17, 15) is 24.6 Å². The first-order valence-corrected chi connectivity index (χ1v) is 8.68. The summed E-state index contributed by atoms with van der Waals surface area (Å²) in [5.41, 5.74) is 0.722. The summed E-state index contributed by atoms with van der Waals surface area (Å²) >= 11 is 5.87. The molecule has 0 spiro atoms. The zero-order valence-electron chi connectivity index (χ0n) is 13.9. The van der Waals surface area contributed by atoms with Gasteiger partial charge in [0.05, 0.1) is 17.5 Å². The van der Waals surface area contributed by atoms with Crippen LogP contribution in [0.15, 0.2) is 48.5 Å². The molecular weight excluding hydrogens is 372 g/mol. The molecule has 4 rings (SSSR count). The monoisotopic (exact) mass is 386 g/mol. The van der Waals surface area contributed by atoms with Crippen molar-refractivity contribution >= 4 is 35.1 Å². The largest absolute Gasteiger partial charge is 0.508 e. The van der Waals surface area contributed by atoms with Gasteiger partial charge in [-0.2, -0.15) is 0 Å². The molecule has 2 saturated heterocycles. The minimum absolute atomic E-state index is 0.0648. The number of rotatable bonds is 3. The van der Waals surface area contributed by atoms with Crippen molar-refractivity contribution in [2.24, 2.45) is 11.8 Å². The highest BCUT2D eigenvalue weighted by Gasteiger charge is 2.61. The van der Waals surface area contributed by atoms with Crippen LogP contribution in [-0.4, -0.2) is 34.0 Å². The number of benzene rings is 2. The second-order valence-corrected chi connectivity index (χ2v) is 7.00. The Labute approximate surface area is 159 Å². The molecule has 2 aliphatic rings. The predicted octanol–water partition coefficient (Wildman–Crippen LogP) is 1.95. The first-order valence-electron chi connectivity index (χ1n) is 8.30. The summed E-state index contributed by atoms with van der Waals surface area (Å²) in [5.74, 6) is -4.35. The van der Waals surface area contributed by atoms with Crippen LogP contribution >= 0.6 is 11.6 Å². The molecular formula is C19H15ClN2O5. The highest BCUT2D eigenvalue weighted by atomic mass is 35.5. The van der Waals surface area contributed by atoms with Crippen molar-refractivity contribution in [2.75, 3.05) is 4.90 Å². The number of phenolic OH excluding ortho intramolecular Hbond substituents is 1. The summed E-state index contributed by atoms with van der Waals surface area (Å²) in [6.45, 7) is 0. The average molecular weight is 387 g/mol. The number of amides is 2. The summed E-state index contributed by atoms with van der Waals surface area (Å²) in [6.07, 6.45) is 0. The number of carboxylic acid groups (broad SMARTS) is 1. The van der Waals surface area contributed by atoms with Crippen LogP contribution in [0.5, 0.6) is 5.75 Å². The number of nitrogens with one attached hydrogen (secondary N) is 1. The fourth-order valence-electron chi connectivity index (χ4n) is 3.92. The Morgan fingerprint density at radius 2 is 1.63 bits per heavy atom. The van der Waals surface area contributed by atoms with E-state index in [0.717, 1.165) is 4.90 Å². The quantitative estimate of drug-likeness (QED) is 0.696. The highest BCUT2D eigenvalue weighted by Crippen LogP contribution is 2.46. The molecule has 0 aliphatic carbocycles. The van der Waals surface area contributed by atoms with E-state index in [1.165, 1.54) is 18.2 Å². The molecule has 2 amide bonds. The highest BCUT2D eigenvalue weighted by molar-refractivity contribution is 6.31. The van der Waals surface area contributed by atoms with Gasteiger partial charge in [0.25, 0.3) is 0 Å². The van der Waals surface area contributed by atoms with E-state index in [1.54, 1.807) is 30.3 Å². The van der Waals surface area contributed by atoms with Gasteiger partial charge in [0.15, 0.2) is 0 Å². The molecule has 4 atom stereocenters. The number of carboxylic acids is 1.